The third kappa shape index (κ3) is 3.09. The first-order valence-corrected chi connectivity index (χ1v) is 9.68. The lowest BCUT2D eigenvalue weighted by Gasteiger charge is -2.45. The molecule has 0 aliphatic carbocycles. The van der Waals surface area contributed by atoms with Crippen molar-refractivity contribution >= 4 is 11.9 Å². The SMILES string of the molecule is COC(=O)C1CC(=O)N(C)C12CCN(Cc1cccn1-c1cccnc1)CC2. The molecule has 2 aromatic rings. The number of hydrogen-bond acceptors (Lipinski definition) is 5. The number of likely N-dealkylation sites (tertiary alicyclic amines) is 2. The van der Waals surface area contributed by atoms with Crippen LogP contribution >= 0.6 is 0 Å². The molecule has 0 saturated carbocycles. The van der Waals surface area contributed by atoms with Gasteiger partial charge in [0.15, 0.2) is 0 Å². The van der Waals surface area contributed by atoms with Gasteiger partial charge in [0.05, 0.1) is 30.5 Å². The molecular weight excluding hydrogens is 356 g/mol. The van der Waals surface area contributed by atoms with Crippen molar-refractivity contribution < 1.29 is 14.3 Å². The number of aromatic nitrogens is 2. The second-order valence-corrected chi connectivity index (χ2v) is 7.69. The molecule has 2 aliphatic heterocycles. The maximum Gasteiger partial charge on any atom is 0.311 e. The van der Waals surface area contributed by atoms with Crippen LogP contribution in [0.2, 0.25) is 0 Å². The number of pyridine rings is 1. The van der Waals surface area contributed by atoms with Crippen LogP contribution in [0.4, 0.5) is 0 Å². The van der Waals surface area contributed by atoms with E-state index in [0.29, 0.717) is 0 Å². The summed E-state index contributed by atoms with van der Waals surface area (Å²) in [5.74, 6) is -0.595. The van der Waals surface area contributed by atoms with E-state index in [0.717, 1.165) is 38.2 Å². The molecule has 148 valence electrons. The van der Waals surface area contributed by atoms with Crippen LogP contribution in [0.5, 0.6) is 0 Å². The van der Waals surface area contributed by atoms with Crippen LogP contribution in [-0.2, 0) is 20.9 Å². The summed E-state index contributed by atoms with van der Waals surface area (Å²) in [7, 11) is 3.23. The van der Waals surface area contributed by atoms with Gasteiger partial charge in [0.1, 0.15) is 0 Å². The predicted molar refractivity (Wildman–Crippen MR) is 104 cm³/mol. The van der Waals surface area contributed by atoms with Crippen molar-refractivity contribution in [1.82, 2.24) is 19.4 Å². The summed E-state index contributed by atoms with van der Waals surface area (Å²) in [4.78, 5) is 33.0. The Balaban J connectivity index is 1.47. The summed E-state index contributed by atoms with van der Waals surface area (Å²) in [5.41, 5.74) is 1.83. The number of methoxy groups -OCH3 is 1. The molecule has 2 fully saturated rings. The Morgan fingerprint density at radius 3 is 2.75 bits per heavy atom. The largest absolute Gasteiger partial charge is 0.469 e. The number of piperidine rings is 1. The number of ether oxygens (including phenoxy) is 1. The van der Waals surface area contributed by atoms with Gasteiger partial charge in [0.2, 0.25) is 5.91 Å². The number of amides is 1. The van der Waals surface area contributed by atoms with E-state index in [1.165, 1.54) is 12.8 Å². The van der Waals surface area contributed by atoms with Crippen molar-refractivity contribution in [2.45, 2.75) is 31.3 Å². The second-order valence-electron chi connectivity index (χ2n) is 7.69. The zero-order valence-electron chi connectivity index (χ0n) is 16.4. The van der Waals surface area contributed by atoms with E-state index in [-0.39, 0.29) is 24.2 Å². The van der Waals surface area contributed by atoms with E-state index in [4.69, 9.17) is 4.74 Å². The Morgan fingerprint density at radius 1 is 1.29 bits per heavy atom. The maximum atomic E-state index is 12.3. The first-order chi connectivity index (χ1) is 13.5. The molecule has 1 unspecified atom stereocenters. The Bertz CT molecular complexity index is 856. The minimum absolute atomic E-state index is 0.0364. The molecule has 2 aliphatic rings. The highest BCUT2D eigenvalue weighted by Gasteiger charge is 2.55. The predicted octanol–water partition coefficient (Wildman–Crippen LogP) is 1.86. The van der Waals surface area contributed by atoms with Crippen molar-refractivity contribution in [2.24, 2.45) is 5.92 Å². The van der Waals surface area contributed by atoms with Crippen LogP contribution in [0.25, 0.3) is 5.69 Å². The minimum Gasteiger partial charge on any atom is -0.469 e. The Labute approximate surface area is 164 Å². The van der Waals surface area contributed by atoms with Crippen LogP contribution in [0.15, 0.2) is 42.9 Å². The smallest absolute Gasteiger partial charge is 0.311 e. The zero-order chi connectivity index (χ0) is 19.7. The van der Waals surface area contributed by atoms with Crippen molar-refractivity contribution in [2.75, 3.05) is 27.2 Å². The van der Waals surface area contributed by atoms with Gasteiger partial charge in [0.25, 0.3) is 0 Å². The summed E-state index contributed by atoms with van der Waals surface area (Å²) in [6.07, 6.45) is 7.50. The molecule has 28 heavy (non-hydrogen) atoms. The average Bonchev–Trinajstić information content (AvgIpc) is 3.28. The quantitative estimate of drug-likeness (QED) is 0.755. The van der Waals surface area contributed by atoms with Crippen molar-refractivity contribution in [3.63, 3.8) is 0 Å². The fraction of sp³-hybridized carbons (Fsp3) is 0.476. The van der Waals surface area contributed by atoms with Crippen LogP contribution in [0.3, 0.4) is 0 Å². The van der Waals surface area contributed by atoms with E-state index in [1.807, 2.05) is 31.4 Å². The fourth-order valence-corrected chi connectivity index (χ4v) is 4.73. The molecule has 4 heterocycles. The van der Waals surface area contributed by atoms with Crippen molar-refractivity contribution in [3.05, 3.63) is 48.5 Å². The second kappa shape index (κ2) is 7.39. The molecule has 0 radical (unpaired) electrons. The van der Waals surface area contributed by atoms with Gasteiger partial charge < -0.3 is 14.2 Å². The first-order valence-electron chi connectivity index (χ1n) is 9.68. The average molecular weight is 382 g/mol. The van der Waals surface area contributed by atoms with Crippen LogP contribution in [0.1, 0.15) is 25.0 Å². The molecule has 2 saturated heterocycles. The lowest BCUT2D eigenvalue weighted by atomic mass is 9.77. The van der Waals surface area contributed by atoms with Gasteiger partial charge >= 0.3 is 5.97 Å². The monoisotopic (exact) mass is 382 g/mol. The highest BCUT2D eigenvalue weighted by molar-refractivity contribution is 5.88. The molecule has 1 atom stereocenters. The van der Waals surface area contributed by atoms with Gasteiger partial charge in [-0.25, -0.2) is 0 Å². The number of rotatable bonds is 4. The molecule has 7 nitrogen and oxygen atoms in total. The highest BCUT2D eigenvalue weighted by Crippen LogP contribution is 2.43. The third-order valence-corrected chi connectivity index (χ3v) is 6.42. The van der Waals surface area contributed by atoms with Gasteiger partial charge in [-0.1, -0.05) is 0 Å². The lowest BCUT2D eigenvalue weighted by molar-refractivity contribution is -0.150. The lowest BCUT2D eigenvalue weighted by Crippen LogP contribution is -2.56. The van der Waals surface area contributed by atoms with Crippen molar-refractivity contribution in [1.29, 1.82) is 0 Å². The van der Waals surface area contributed by atoms with Gasteiger partial charge in [-0.2, -0.15) is 0 Å². The fourth-order valence-electron chi connectivity index (χ4n) is 4.73. The highest BCUT2D eigenvalue weighted by atomic mass is 16.5. The molecule has 4 rings (SSSR count). The Kier molecular flexibility index (Phi) is 4.93. The standard InChI is InChI=1S/C21H26N4O3/c1-23-19(26)13-18(20(27)28-2)21(23)7-11-24(12-8-21)15-17-6-4-10-25(17)16-5-3-9-22-14-16/h3-6,9-10,14,18H,7-8,11-13,15H2,1-2H3. The number of hydrogen-bond donors (Lipinski definition) is 0. The molecule has 0 bridgehead atoms. The van der Waals surface area contributed by atoms with E-state index in [9.17, 15) is 9.59 Å². The number of esters is 1. The van der Waals surface area contributed by atoms with E-state index < -0.39 is 5.54 Å². The van der Waals surface area contributed by atoms with E-state index in [2.05, 4.69) is 26.7 Å². The summed E-state index contributed by atoms with van der Waals surface area (Å²) >= 11 is 0. The maximum absolute atomic E-state index is 12.3. The summed E-state index contributed by atoms with van der Waals surface area (Å²) in [5, 5.41) is 0. The molecule has 2 aromatic heterocycles. The molecule has 1 spiro atoms. The van der Waals surface area contributed by atoms with Crippen LogP contribution < -0.4 is 0 Å². The summed E-state index contributed by atoms with van der Waals surface area (Å²) < 4.78 is 7.15. The number of carbonyl (C=O) groups excluding carboxylic acids is 2. The summed E-state index contributed by atoms with van der Waals surface area (Å²) in [6, 6.07) is 8.15. The number of carbonyl (C=O) groups is 2. The molecule has 0 aromatic carbocycles. The third-order valence-electron chi connectivity index (χ3n) is 6.42. The molecule has 7 heteroatoms. The molecular formula is C21H26N4O3. The summed E-state index contributed by atoms with van der Waals surface area (Å²) in [6.45, 7) is 2.49. The van der Waals surface area contributed by atoms with Crippen LogP contribution in [0, 0.1) is 5.92 Å². The van der Waals surface area contributed by atoms with Gasteiger partial charge in [0, 0.05) is 51.2 Å². The number of nitrogens with zero attached hydrogens (tertiary/aromatic N) is 4. The van der Waals surface area contributed by atoms with E-state index in [1.54, 1.807) is 11.1 Å². The van der Waals surface area contributed by atoms with E-state index >= 15 is 0 Å². The Morgan fingerprint density at radius 2 is 2.07 bits per heavy atom. The topological polar surface area (TPSA) is 67.7 Å². The first kappa shape index (κ1) is 18.7. The minimum atomic E-state index is -0.411. The van der Waals surface area contributed by atoms with Gasteiger partial charge in [-0.15, -0.1) is 0 Å². The zero-order valence-corrected chi connectivity index (χ0v) is 16.4. The normalized spacial score (nSPS) is 22.0. The van der Waals surface area contributed by atoms with Gasteiger partial charge in [-0.05, 0) is 37.1 Å². The molecule has 0 N–H and O–H groups in total. The molecule has 1 amide bonds. The van der Waals surface area contributed by atoms with Crippen molar-refractivity contribution in [3.8, 4) is 5.69 Å². The Hall–Kier alpha value is -2.67. The van der Waals surface area contributed by atoms with Crippen LogP contribution in [-0.4, -0.2) is 64.0 Å². The van der Waals surface area contributed by atoms with Gasteiger partial charge in [-0.3, -0.25) is 19.5 Å².